The van der Waals surface area contributed by atoms with Crippen LogP contribution >= 0.6 is 23.6 Å². The summed E-state index contributed by atoms with van der Waals surface area (Å²) in [6.07, 6.45) is -4.52. The summed E-state index contributed by atoms with van der Waals surface area (Å²) in [5, 5.41) is 1.81. The van der Waals surface area contributed by atoms with E-state index in [9.17, 15) is 13.2 Å². The first kappa shape index (κ1) is 15.6. The molecule has 4 nitrogen and oxygen atoms in total. The molecule has 2 aromatic heterocycles. The highest BCUT2D eigenvalue weighted by atomic mass is 32.1. The molecule has 0 saturated carbocycles. The molecular weight excluding hydrogens is 321 g/mol. The van der Waals surface area contributed by atoms with Crippen LogP contribution in [0, 0.1) is 0 Å². The molecule has 0 amide bonds. The Kier molecular flexibility index (Phi) is 4.43. The molecule has 2 heterocycles. The normalized spacial score (nSPS) is 11.4. The SMILES string of the molecule is CN(Cc1cscn1)c1nc(C(F)(F)F)ccc1C(N)=S. The van der Waals surface area contributed by atoms with Crippen molar-refractivity contribution in [2.45, 2.75) is 12.7 Å². The van der Waals surface area contributed by atoms with Crippen molar-refractivity contribution in [1.82, 2.24) is 9.97 Å². The Morgan fingerprint density at radius 3 is 2.67 bits per heavy atom. The highest BCUT2D eigenvalue weighted by molar-refractivity contribution is 7.80. The molecule has 0 aliphatic carbocycles. The number of rotatable bonds is 4. The van der Waals surface area contributed by atoms with Gasteiger partial charge in [0.2, 0.25) is 0 Å². The Morgan fingerprint density at radius 1 is 1.43 bits per heavy atom. The molecule has 112 valence electrons. The van der Waals surface area contributed by atoms with Gasteiger partial charge in [0.1, 0.15) is 16.5 Å². The van der Waals surface area contributed by atoms with Gasteiger partial charge in [-0.1, -0.05) is 12.2 Å². The van der Waals surface area contributed by atoms with Crippen LogP contribution in [0.4, 0.5) is 19.0 Å². The molecule has 0 saturated heterocycles. The van der Waals surface area contributed by atoms with Crippen LogP contribution in [0.5, 0.6) is 0 Å². The van der Waals surface area contributed by atoms with Crippen LogP contribution < -0.4 is 10.6 Å². The predicted molar refractivity (Wildman–Crippen MR) is 79.3 cm³/mol. The van der Waals surface area contributed by atoms with Crippen LogP contribution in [0.25, 0.3) is 0 Å². The van der Waals surface area contributed by atoms with Gasteiger partial charge in [0.05, 0.1) is 23.3 Å². The first-order valence-electron chi connectivity index (χ1n) is 5.75. The fourth-order valence-corrected chi connectivity index (χ4v) is 2.43. The zero-order valence-electron chi connectivity index (χ0n) is 10.9. The van der Waals surface area contributed by atoms with Crippen LogP contribution in [-0.4, -0.2) is 22.0 Å². The topological polar surface area (TPSA) is 55.0 Å². The maximum absolute atomic E-state index is 12.8. The Labute approximate surface area is 128 Å². The summed E-state index contributed by atoms with van der Waals surface area (Å²) in [5.74, 6) is 0.0883. The highest BCUT2D eigenvalue weighted by Gasteiger charge is 2.33. The molecule has 0 spiro atoms. The van der Waals surface area contributed by atoms with Gasteiger partial charge in [0, 0.05) is 12.4 Å². The number of alkyl halides is 3. The summed E-state index contributed by atoms with van der Waals surface area (Å²) in [6, 6.07) is 2.11. The first-order valence-corrected chi connectivity index (χ1v) is 7.10. The molecule has 2 aromatic rings. The number of nitrogens with zero attached hydrogens (tertiary/aromatic N) is 3. The van der Waals surface area contributed by atoms with Gasteiger partial charge in [0.15, 0.2) is 0 Å². The molecule has 21 heavy (non-hydrogen) atoms. The predicted octanol–water partition coefficient (Wildman–Crippen LogP) is 2.83. The second-order valence-corrected chi connectivity index (χ2v) is 5.42. The van der Waals surface area contributed by atoms with Crippen molar-refractivity contribution in [3.8, 4) is 0 Å². The van der Waals surface area contributed by atoms with E-state index >= 15 is 0 Å². The second kappa shape index (κ2) is 5.94. The van der Waals surface area contributed by atoms with Gasteiger partial charge in [-0.3, -0.25) is 0 Å². The number of aromatic nitrogens is 2. The average molecular weight is 332 g/mol. The quantitative estimate of drug-likeness (QED) is 0.873. The van der Waals surface area contributed by atoms with Crippen LogP contribution in [-0.2, 0) is 12.7 Å². The van der Waals surface area contributed by atoms with E-state index in [1.807, 2.05) is 5.38 Å². The van der Waals surface area contributed by atoms with Crippen molar-refractivity contribution < 1.29 is 13.2 Å². The first-order chi connectivity index (χ1) is 9.79. The molecule has 0 aromatic carbocycles. The lowest BCUT2D eigenvalue weighted by atomic mass is 10.2. The number of hydrogen-bond donors (Lipinski definition) is 1. The molecule has 0 bridgehead atoms. The third-order valence-corrected chi connectivity index (χ3v) is 3.53. The van der Waals surface area contributed by atoms with Gasteiger partial charge in [-0.05, 0) is 12.1 Å². The Hall–Kier alpha value is -1.74. The summed E-state index contributed by atoms with van der Waals surface area (Å²) in [4.78, 5) is 9.28. The van der Waals surface area contributed by atoms with E-state index in [0.29, 0.717) is 12.1 Å². The zero-order chi connectivity index (χ0) is 15.6. The number of thiazole rings is 1. The Bertz CT molecular complexity index is 640. The average Bonchev–Trinajstić information content (AvgIpc) is 2.89. The summed E-state index contributed by atoms with van der Waals surface area (Å²) >= 11 is 6.28. The third kappa shape index (κ3) is 3.67. The monoisotopic (exact) mass is 332 g/mol. The van der Waals surface area contributed by atoms with E-state index in [4.69, 9.17) is 18.0 Å². The summed E-state index contributed by atoms with van der Waals surface area (Å²) in [7, 11) is 1.61. The van der Waals surface area contributed by atoms with Crippen molar-refractivity contribution >= 4 is 34.4 Å². The standard InChI is InChI=1S/C12H11F3N4S2/c1-19(4-7-5-21-6-17-7)11-8(10(16)20)2-3-9(18-11)12(13,14)15/h2-3,5-6H,4H2,1H3,(H2,16,20). The van der Waals surface area contributed by atoms with Gasteiger partial charge in [-0.2, -0.15) is 13.2 Å². The van der Waals surface area contributed by atoms with Crippen LogP contribution in [0.2, 0.25) is 0 Å². The number of thiocarbonyl (C=S) groups is 1. The van der Waals surface area contributed by atoms with Gasteiger partial charge >= 0.3 is 6.18 Å². The van der Waals surface area contributed by atoms with E-state index in [1.165, 1.54) is 17.4 Å². The van der Waals surface area contributed by atoms with Crippen LogP contribution in [0.3, 0.4) is 0 Å². The Balaban J connectivity index is 2.40. The van der Waals surface area contributed by atoms with Gasteiger partial charge < -0.3 is 10.6 Å². The molecule has 2 N–H and O–H groups in total. The molecule has 0 aliphatic rings. The van der Waals surface area contributed by atoms with Gasteiger partial charge in [0.25, 0.3) is 0 Å². The number of halogens is 3. The molecule has 0 unspecified atom stereocenters. The van der Waals surface area contributed by atoms with Crippen molar-refractivity contribution in [2.75, 3.05) is 11.9 Å². The highest BCUT2D eigenvalue weighted by Crippen LogP contribution is 2.30. The smallest absolute Gasteiger partial charge is 0.389 e. The number of nitrogens with two attached hydrogens (primary N) is 1. The lowest BCUT2D eigenvalue weighted by Gasteiger charge is -2.21. The van der Waals surface area contributed by atoms with E-state index in [2.05, 4.69) is 9.97 Å². The Morgan fingerprint density at radius 2 is 2.14 bits per heavy atom. The third-order valence-electron chi connectivity index (χ3n) is 2.68. The minimum Gasteiger partial charge on any atom is -0.389 e. The van der Waals surface area contributed by atoms with Crippen molar-refractivity contribution in [3.63, 3.8) is 0 Å². The molecule has 2 rings (SSSR count). The number of anilines is 1. The van der Waals surface area contributed by atoms with Gasteiger partial charge in [-0.25, -0.2) is 9.97 Å². The minimum absolute atomic E-state index is 0.00338. The molecule has 0 atom stereocenters. The van der Waals surface area contributed by atoms with Crippen molar-refractivity contribution in [2.24, 2.45) is 5.73 Å². The molecule has 0 aliphatic heterocycles. The molecule has 0 radical (unpaired) electrons. The fraction of sp³-hybridized carbons (Fsp3) is 0.250. The van der Waals surface area contributed by atoms with E-state index in [0.717, 1.165) is 11.8 Å². The summed E-state index contributed by atoms with van der Waals surface area (Å²) < 4.78 is 38.4. The van der Waals surface area contributed by atoms with Gasteiger partial charge in [-0.15, -0.1) is 11.3 Å². The maximum Gasteiger partial charge on any atom is 0.433 e. The van der Waals surface area contributed by atoms with Crippen LogP contribution in [0.15, 0.2) is 23.0 Å². The fourth-order valence-electron chi connectivity index (χ4n) is 1.72. The van der Waals surface area contributed by atoms with Crippen molar-refractivity contribution in [1.29, 1.82) is 0 Å². The van der Waals surface area contributed by atoms with E-state index < -0.39 is 11.9 Å². The zero-order valence-corrected chi connectivity index (χ0v) is 12.5. The lowest BCUT2D eigenvalue weighted by molar-refractivity contribution is -0.141. The van der Waals surface area contributed by atoms with E-state index in [-0.39, 0.29) is 10.8 Å². The van der Waals surface area contributed by atoms with Crippen molar-refractivity contribution in [3.05, 3.63) is 40.0 Å². The summed E-state index contributed by atoms with van der Waals surface area (Å²) in [6.45, 7) is 0.313. The molecule has 9 heteroatoms. The second-order valence-electron chi connectivity index (χ2n) is 4.27. The molecule has 0 fully saturated rings. The molecular formula is C12H11F3N4S2. The summed E-state index contributed by atoms with van der Waals surface area (Å²) in [5.41, 5.74) is 7.25. The van der Waals surface area contributed by atoms with Crippen LogP contribution in [0.1, 0.15) is 17.0 Å². The number of hydrogen-bond acceptors (Lipinski definition) is 5. The maximum atomic E-state index is 12.8. The lowest BCUT2D eigenvalue weighted by Crippen LogP contribution is -2.24. The number of pyridine rings is 1. The largest absolute Gasteiger partial charge is 0.433 e. The minimum atomic E-state index is -4.52. The van der Waals surface area contributed by atoms with E-state index in [1.54, 1.807) is 17.5 Å².